The highest BCUT2D eigenvalue weighted by Gasteiger charge is 2.37. The van der Waals surface area contributed by atoms with Crippen LogP contribution in [0.1, 0.15) is 11.4 Å². The average Bonchev–Trinajstić information content (AvgIpc) is 2.77. The maximum absolute atomic E-state index is 12.6. The Morgan fingerprint density at radius 2 is 1.83 bits per heavy atom. The standard InChI is InChI=1S/C10H7F4N3O/c11-7-3-1-6(2-4-7)5-15-9-16-8(17-18-9)10(12,13)14/h1-4H,5H2,(H,15,16,17). The van der Waals surface area contributed by atoms with E-state index in [4.69, 9.17) is 0 Å². The van der Waals surface area contributed by atoms with E-state index in [9.17, 15) is 17.6 Å². The molecule has 0 aliphatic heterocycles. The molecular weight excluding hydrogens is 254 g/mol. The van der Waals surface area contributed by atoms with E-state index in [1.807, 2.05) is 0 Å². The van der Waals surface area contributed by atoms with Crippen molar-refractivity contribution in [3.63, 3.8) is 0 Å². The molecule has 0 radical (unpaired) electrons. The van der Waals surface area contributed by atoms with Gasteiger partial charge >= 0.3 is 12.2 Å². The van der Waals surface area contributed by atoms with Crippen LogP contribution >= 0.6 is 0 Å². The molecule has 0 unspecified atom stereocenters. The van der Waals surface area contributed by atoms with Gasteiger partial charge in [0.1, 0.15) is 5.82 Å². The largest absolute Gasteiger partial charge is 0.455 e. The number of benzene rings is 1. The van der Waals surface area contributed by atoms with E-state index >= 15 is 0 Å². The summed E-state index contributed by atoms with van der Waals surface area (Å²) in [5, 5.41) is 5.29. The predicted octanol–water partition coefficient (Wildman–Crippen LogP) is 2.84. The van der Waals surface area contributed by atoms with Gasteiger partial charge < -0.3 is 9.84 Å². The number of hydrogen-bond donors (Lipinski definition) is 1. The predicted molar refractivity (Wildman–Crippen MR) is 53.0 cm³/mol. The molecule has 8 heteroatoms. The van der Waals surface area contributed by atoms with Crippen LogP contribution in [0.4, 0.5) is 23.6 Å². The zero-order valence-electron chi connectivity index (χ0n) is 8.83. The van der Waals surface area contributed by atoms with E-state index in [2.05, 4.69) is 20.0 Å². The van der Waals surface area contributed by atoms with Crippen LogP contribution in [-0.4, -0.2) is 10.1 Å². The second-order valence-corrected chi connectivity index (χ2v) is 3.40. The first-order valence-electron chi connectivity index (χ1n) is 4.84. The smallest absolute Gasteiger partial charge is 0.334 e. The third-order valence-corrected chi connectivity index (χ3v) is 2.04. The molecule has 96 valence electrons. The fourth-order valence-electron chi connectivity index (χ4n) is 1.19. The van der Waals surface area contributed by atoms with E-state index in [1.54, 1.807) is 0 Å². The zero-order valence-corrected chi connectivity index (χ0v) is 8.83. The molecule has 2 rings (SSSR count). The molecule has 18 heavy (non-hydrogen) atoms. The number of nitrogens with one attached hydrogen (secondary N) is 1. The lowest BCUT2D eigenvalue weighted by atomic mass is 10.2. The van der Waals surface area contributed by atoms with Gasteiger partial charge in [0.15, 0.2) is 0 Å². The average molecular weight is 261 g/mol. The van der Waals surface area contributed by atoms with Crippen molar-refractivity contribution in [1.82, 2.24) is 10.1 Å². The van der Waals surface area contributed by atoms with Gasteiger partial charge in [-0.1, -0.05) is 12.1 Å². The molecule has 0 fully saturated rings. The lowest BCUT2D eigenvalue weighted by Gasteiger charge is -2.01. The fourth-order valence-corrected chi connectivity index (χ4v) is 1.19. The van der Waals surface area contributed by atoms with Crippen LogP contribution < -0.4 is 5.32 Å². The van der Waals surface area contributed by atoms with Gasteiger partial charge in [0.25, 0.3) is 5.82 Å². The number of aromatic nitrogens is 2. The van der Waals surface area contributed by atoms with E-state index in [0.717, 1.165) is 0 Å². The van der Waals surface area contributed by atoms with Gasteiger partial charge in [-0.3, -0.25) is 0 Å². The van der Waals surface area contributed by atoms with Crippen LogP contribution in [0.25, 0.3) is 0 Å². The Hall–Kier alpha value is -2.12. The van der Waals surface area contributed by atoms with Crippen LogP contribution in [0, 0.1) is 5.82 Å². The molecule has 0 saturated heterocycles. The van der Waals surface area contributed by atoms with Crippen LogP contribution in [-0.2, 0) is 12.7 Å². The quantitative estimate of drug-likeness (QED) is 0.863. The normalized spacial score (nSPS) is 11.6. The molecular formula is C10H7F4N3O. The molecule has 0 spiro atoms. The monoisotopic (exact) mass is 261 g/mol. The summed E-state index contributed by atoms with van der Waals surface area (Å²) in [5.74, 6) is -1.74. The summed E-state index contributed by atoms with van der Waals surface area (Å²) < 4.78 is 53.4. The summed E-state index contributed by atoms with van der Waals surface area (Å²) in [6, 6.07) is 5.12. The fraction of sp³-hybridized carbons (Fsp3) is 0.200. The maximum Gasteiger partial charge on any atom is 0.455 e. The summed E-state index contributed by atoms with van der Waals surface area (Å²) in [4.78, 5) is 3.13. The van der Waals surface area contributed by atoms with Gasteiger partial charge in [0.05, 0.1) is 0 Å². The van der Waals surface area contributed by atoms with Gasteiger partial charge in [-0.2, -0.15) is 18.2 Å². The second-order valence-electron chi connectivity index (χ2n) is 3.40. The summed E-state index contributed by atoms with van der Waals surface area (Å²) in [6.07, 6.45) is -4.64. The summed E-state index contributed by atoms with van der Waals surface area (Å²) >= 11 is 0. The third kappa shape index (κ3) is 2.96. The first-order chi connectivity index (χ1) is 8.45. The number of nitrogens with zero attached hydrogens (tertiary/aromatic N) is 2. The highest BCUT2D eigenvalue weighted by atomic mass is 19.4. The molecule has 0 amide bonds. The summed E-state index contributed by atoms with van der Waals surface area (Å²) in [7, 11) is 0. The molecule has 1 heterocycles. The van der Waals surface area contributed by atoms with Crippen LogP contribution in [0.5, 0.6) is 0 Å². The minimum absolute atomic E-state index is 0.153. The van der Waals surface area contributed by atoms with Crippen molar-refractivity contribution >= 4 is 6.01 Å². The Balaban J connectivity index is 1.98. The molecule has 0 saturated carbocycles. The second kappa shape index (κ2) is 4.63. The molecule has 0 aliphatic rings. The SMILES string of the molecule is Fc1ccc(CNc2nc(C(F)(F)F)no2)cc1. The lowest BCUT2D eigenvalue weighted by molar-refractivity contribution is -0.146. The van der Waals surface area contributed by atoms with Crippen LogP contribution in [0.3, 0.4) is 0 Å². The van der Waals surface area contributed by atoms with E-state index in [0.29, 0.717) is 5.56 Å². The number of anilines is 1. The number of hydrogen-bond acceptors (Lipinski definition) is 4. The summed E-state index contributed by atoms with van der Waals surface area (Å²) in [6.45, 7) is 0.153. The van der Waals surface area contributed by atoms with Gasteiger partial charge in [-0.05, 0) is 22.9 Å². The van der Waals surface area contributed by atoms with Gasteiger partial charge in [-0.25, -0.2) is 4.39 Å². The van der Waals surface area contributed by atoms with Gasteiger partial charge in [0.2, 0.25) is 0 Å². The van der Waals surface area contributed by atoms with E-state index in [1.165, 1.54) is 24.3 Å². The number of halogens is 4. The Morgan fingerprint density at radius 3 is 2.39 bits per heavy atom. The first kappa shape index (κ1) is 12.3. The Morgan fingerprint density at radius 1 is 1.17 bits per heavy atom. The van der Waals surface area contributed by atoms with Crippen molar-refractivity contribution < 1.29 is 22.1 Å². The third-order valence-electron chi connectivity index (χ3n) is 2.04. The van der Waals surface area contributed by atoms with Gasteiger partial charge in [0, 0.05) is 6.54 Å². The van der Waals surface area contributed by atoms with Crippen LogP contribution in [0.2, 0.25) is 0 Å². The zero-order chi connectivity index (χ0) is 13.2. The first-order valence-corrected chi connectivity index (χ1v) is 4.84. The van der Waals surface area contributed by atoms with Gasteiger partial charge in [-0.15, -0.1) is 0 Å². The lowest BCUT2D eigenvalue weighted by Crippen LogP contribution is -2.07. The minimum Gasteiger partial charge on any atom is -0.334 e. The molecule has 1 aromatic carbocycles. The molecule has 0 aliphatic carbocycles. The molecule has 1 aromatic heterocycles. The Bertz CT molecular complexity index is 521. The van der Waals surface area contributed by atoms with Crippen molar-refractivity contribution in [2.75, 3.05) is 5.32 Å². The molecule has 0 bridgehead atoms. The summed E-state index contributed by atoms with van der Waals surface area (Å²) in [5.41, 5.74) is 0.670. The van der Waals surface area contributed by atoms with Crippen molar-refractivity contribution in [3.05, 3.63) is 41.5 Å². The Labute approximate surface area is 98.6 Å². The molecule has 0 atom stereocenters. The van der Waals surface area contributed by atoms with Crippen molar-refractivity contribution in [2.45, 2.75) is 12.7 Å². The Kier molecular flexibility index (Phi) is 3.17. The number of alkyl halides is 3. The molecule has 1 N–H and O–H groups in total. The van der Waals surface area contributed by atoms with E-state index in [-0.39, 0.29) is 12.6 Å². The van der Waals surface area contributed by atoms with E-state index < -0.39 is 17.8 Å². The number of rotatable bonds is 3. The van der Waals surface area contributed by atoms with Crippen molar-refractivity contribution in [3.8, 4) is 0 Å². The minimum atomic E-state index is -4.64. The van der Waals surface area contributed by atoms with Crippen molar-refractivity contribution in [2.24, 2.45) is 0 Å². The topological polar surface area (TPSA) is 51.0 Å². The molecule has 2 aromatic rings. The highest BCUT2D eigenvalue weighted by Crippen LogP contribution is 2.27. The van der Waals surface area contributed by atoms with Crippen LogP contribution in [0.15, 0.2) is 28.8 Å². The highest BCUT2D eigenvalue weighted by molar-refractivity contribution is 5.24. The maximum atomic E-state index is 12.6. The van der Waals surface area contributed by atoms with Crippen molar-refractivity contribution in [1.29, 1.82) is 0 Å². The molecule has 4 nitrogen and oxygen atoms in total.